The van der Waals surface area contributed by atoms with Gasteiger partial charge in [0.15, 0.2) is 0 Å². The Hall–Kier alpha value is -2.73. The highest BCUT2D eigenvalue weighted by molar-refractivity contribution is 5.78. The van der Waals surface area contributed by atoms with Crippen molar-refractivity contribution in [3.05, 3.63) is 64.7 Å². The number of hydrogen-bond acceptors (Lipinski definition) is 5. The minimum Gasteiger partial charge on any atom is -0.369 e. The smallest absolute Gasteiger partial charge is 0.269 e. The summed E-state index contributed by atoms with van der Waals surface area (Å²) in [5, 5.41) is 5.48. The van der Waals surface area contributed by atoms with Crippen LogP contribution >= 0.6 is 0 Å². The maximum Gasteiger partial charge on any atom is 0.269 e. The topological polar surface area (TPSA) is 54.3 Å². The van der Waals surface area contributed by atoms with Crippen molar-refractivity contribution in [2.45, 2.75) is 13.0 Å². The Morgan fingerprint density at radius 2 is 1.92 bits per heavy atom. The number of para-hydroxylation sites is 1. The van der Waals surface area contributed by atoms with E-state index in [4.69, 9.17) is 0 Å². The fourth-order valence-electron chi connectivity index (χ4n) is 3.37. The molecule has 0 bridgehead atoms. The van der Waals surface area contributed by atoms with E-state index in [1.807, 2.05) is 36.4 Å². The van der Waals surface area contributed by atoms with Gasteiger partial charge in [0, 0.05) is 31.1 Å². The zero-order chi connectivity index (χ0) is 17.9. The summed E-state index contributed by atoms with van der Waals surface area (Å²) in [7, 11) is 2.14. The van der Waals surface area contributed by atoms with Crippen molar-refractivity contribution >= 4 is 16.6 Å². The lowest BCUT2D eigenvalue weighted by molar-refractivity contribution is 0.360. The Bertz CT molecular complexity index is 968. The Balaban J connectivity index is 1.54. The van der Waals surface area contributed by atoms with E-state index in [9.17, 15) is 4.79 Å². The summed E-state index contributed by atoms with van der Waals surface area (Å²) in [6.07, 6.45) is 2.90. The van der Waals surface area contributed by atoms with E-state index in [-0.39, 0.29) is 5.56 Å². The lowest BCUT2D eigenvalue weighted by Crippen LogP contribution is -2.31. The van der Waals surface area contributed by atoms with Crippen LogP contribution in [-0.2, 0) is 6.54 Å². The predicted octanol–water partition coefficient (Wildman–Crippen LogP) is 1.98. The van der Waals surface area contributed by atoms with Crippen molar-refractivity contribution in [3.63, 3.8) is 0 Å². The molecule has 1 aliphatic heterocycles. The number of likely N-dealkylation sites (N-methyl/N-ethyl adjacent to an activating group) is 1. The highest BCUT2D eigenvalue weighted by Gasteiger charge is 2.14. The van der Waals surface area contributed by atoms with Crippen LogP contribution in [-0.4, -0.2) is 52.9 Å². The van der Waals surface area contributed by atoms with E-state index >= 15 is 0 Å². The normalized spacial score (nSPS) is 16.0. The molecule has 0 amide bonds. The van der Waals surface area contributed by atoms with Crippen molar-refractivity contribution in [2.75, 3.05) is 38.1 Å². The Morgan fingerprint density at radius 3 is 2.81 bits per heavy atom. The molecule has 2 aromatic heterocycles. The molecule has 0 N–H and O–H groups in total. The zero-order valence-corrected chi connectivity index (χ0v) is 15.0. The van der Waals surface area contributed by atoms with Crippen molar-refractivity contribution in [1.29, 1.82) is 0 Å². The average molecular weight is 349 g/mol. The molecule has 6 nitrogen and oxygen atoms in total. The third kappa shape index (κ3) is 3.60. The van der Waals surface area contributed by atoms with Gasteiger partial charge in [-0.3, -0.25) is 9.78 Å². The first-order chi connectivity index (χ1) is 12.7. The van der Waals surface area contributed by atoms with Gasteiger partial charge in [0.05, 0.1) is 29.6 Å². The zero-order valence-electron chi connectivity index (χ0n) is 15.0. The fraction of sp³-hybridized carbons (Fsp3) is 0.350. The van der Waals surface area contributed by atoms with Gasteiger partial charge in [0.1, 0.15) is 0 Å². The Labute approximate surface area is 152 Å². The summed E-state index contributed by atoms with van der Waals surface area (Å²) in [6, 6.07) is 13.7. The molecule has 1 fully saturated rings. The lowest BCUT2D eigenvalue weighted by Gasteiger charge is -2.22. The molecule has 6 heteroatoms. The fourth-order valence-corrected chi connectivity index (χ4v) is 3.37. The number of pyridine rings is 1. The summed E-state index contributed by atoms with van der Waals surface area (Å²) in [6.45, 7) is 4.36. The Morgan fingerprint density at radius 1 is 1.04 bits per heavy atom. The summed E-state index contributed by atoms with van der Waals surface area (Å²) >= 11 is 0. The maximum atomic E-state index is 12.5. The minimum atomic E-state index is -0.0879. The average Bonchev–Trinajstić information content (AvgIpc) is 2.88. The molecule has 0 atom stereocenters. The van der Waals surface area contributed by atoms with Crippen molar-refractivity contribution in [2.24, 2.45) is 0 Å². The van der Waals surface area contributed by atoms with Gasteiger partial charge in [-0.2, -0.15) is 5.10 Å². The van der Waals surface area contributed by atoms with E-state index in [1.165, 1.54) is 4.68 Å². The van der Waals surface area contributed by atoms with Crippen LogP contribution in [0.2, 0.25) is 0 Å². The van der Waals surface area contributed by atoms with Gasteiger partial charge in [-0.1, -0.05) is 24.3 Å². The minimum absolute atomic E-state index is 0.0879. The molecule has 0 aliphatic carbocycles. The van der Waals surface area contributed by atoms with Gasteiger partial charge < -0.3 is 9.80 Å². The molecule has 0 spiro atoms. The summed E-state index contributed by atoms with van der Waals surface area (Å²) < 4.78 is 1.48. The highest BCUT2D eigenvalue weighted by Crippen LogP contribution is 2.14. The molecule has 1 saturated heterocycles. The van der Waals surface area contributed by atoms with E-state index in [0.29, 0.717) is 6.54 Å². The number of anilines is 1. The van der Waals surface area contributed by atoms with Gasteiger partial charge in [-0.05, 0) is 32.1 Å². The van der Waals surface area contributed by atoms with Crippen LogP contribution in [0, 0.1) is 0 Å². The van der Waals surface area contributed by atoms with Crippen LogP contribution in [0.15, 0.2) is 53.5 Å². The molecule has 0 unspecified atom stereocenters. The van der Waals surface area contributed by atoms with Crippen molar-refractivity contribution in [3.8, 4) is 0 Å². The second-order valence-corrected chi connectivity index (χ2v) is 6.85. The van der Waals surface area contributed by atoms with Gasteiger partial charge in [-0.25, -0.2) is 4.68 Å². The second kappa shape index (κ2) is 7.25. The molecule has 4 rings (SSSR count). The maximum absolute atomic E-state index is 12.5. The molecule has 26 heavy (non-hydrogen) atoms. The quantitative estimate of drug-likeness (QED) is 0.724. The van der Waals surface area contributed by atoms with Gasteiger partial charge in [0.25, 0.3) is 5.56 Å². The number of benzene rings is 1. The van der Waals surface area contributed by atoms with E-state index in [1.54, 1.807) is 12.3 Å². The molecule has 134 valence electrons. The SMILES string of the molecule is CN1CCCN(c2cnn(Cc3ccc4ccccc4n3)c(=O)c2)CC1. The molecule has 0 radical (unpaired) electrons. The van der Waals surface area contributed by atoms with Gasteiger partial charge >= 0.3 is 0 Å². The standard InChI is InChI=1S/C20H23N5O/c1-23-9-4-10-24(12-11-23)18-13-20(26)25(21-14-18)15-17-8-7-16-5-2-3-6-19(16)22-17/h2-3,5-8,13-14H,4,9-12,15H2,1H3. The van der Waals surface area contributed by atoms with E-state index in [0.717, 1.165) is 54.9 Å². The van der Waals surface area contributed by atoms with Crippen LogP contribution in [0.3, 0.4) is 0 Å². The number of rotatable bonds is 3. The Kier molecular flexibility index (Phi) is 4.67. The van der Waals surface area contributed by atoms with Crippen molar-refractivity contribution < 1.29 is 0 Å². The van der Waals surface area contributed by atoms with Crippen molar-refractivity contribution in [1.82, 2.24) is 19.7 Å². The third-order valence-electron chi connectivity index (χ3n) is 4.91. The second-order valence-electron chi connectivity index (χ2n) is 6.85. The first-order valence-electron chi connectivity index (χ1n) is 9.04. The molecular formula is C20H23N5O. The predicted molar refractivity (Wildman–Crippen MR) is 104 cm³/mol. The first-order valence-corrected chi connectivity index (χ1v) is 9.04. The van der Waals surface area contributed by atoms with Crippen LogP contribution in [0.1, 0.15) is 12.1 Å². The lowest BCUT2D eigenvalue weighted by atomic mass is 10.2. The van der Waals surface area contributed by atoms with Crippen LogP contribution in [0.4, 0.5) is 5.69 Å². The number of hydrogen-bond donors (Lipinski definition) is 0. The molecule has 1 aliphatic rings. The van der Waals surface area contributed by atoms with Gasteiger partial charge in [-0.15, -0.1) is 0 Å². The van der Waals surface area contributed by atoms with Gasteiger partial charge in [0.2, 0.25) is 0 Å². The molecule has 3 aromatic rings. The summed E-state index contributed by atoms with van der Waals surface area (Å²) in [5.41, 5.74) is 2.59. The molecular weight excluding hydrogens is 326 g/mol. The monoisotopic (exact) mass is 349 g/mol. The largest absolute Gasteiger partial charge is 0.369 e. The number of nitrogens with zero attached hydrogens (tertiary/aromatic N) is 5. The van der Waals surface area contributed by atoms with E-state index in [2.05, 4.69) is 26.9 Å². The molecule has 3 heterocycles. The van der Waals surface area contributed by atoms with E-state index < -0.39 is 0 Å². The highest BCUT2D eigenvalue weighted by atomic mass is 16.1. The van der Waals surface area contributed by atoms with Crippen LogP contribution in [0.5, 0.6) is 0 Å². The number of aromatic nitrogens is 3. The number of fused-ring (bicyclic) bond motifs is 1. The van der Waals surface area contributed by atoms with Crippen LogP contribution in [0.25, 0.3) is 10.9 Å². The molecule has 0 saturated carbocycles. The van der Waals surface area contributed by atoms with Crippen LogP contribution < -0.4 is 10.5 Å². The third-order valence-corrected chi connectivity index (χ3v) is 4.91. The first kappa shape index (κ1) is 16.7. The summed E-state index contributed by atoms with van der Waals surface area (Å²) in [5.74, 6) is 0. The molecule has 1 aromatic carbocycles. The summed E-state index contributed by atoms with van der Waals surface area (Å²) in [4.78, 5) is 21.7.